The number of rotatable bonds is 7. The molecular weight excluding hydrogens is 224 g/mol. The Hall–Kier alpha value is -1.59. The molecule has 0 aromatic rings. The van der Waals surface area contributed by atoms with E-state index < -0.39 is 12.0 Å². The molecule has 0 atom stereocenters. The fourth-order valence-corrected chi connectivity index (χ4v) is 1.28. The summed E-state index contributed by atoms with van der Waals surface area (Å²) in [6, 6.07) is -0.407. The molecule has 0 heterocycles. The number of nitrogens with zero attached hydrogens (tertiary/aromatic N) is 1. The van der Waals surface area contributed by atoms with E-state index in [-0.39, 0.29) is 18.7 Å². The summed E-state index contributed by atoms with van der Waals surface area (Å²) in [5.41, 5.74) is 0. The van der Waals surface area contributed by atoms with E-state index in [1.165, 1.54) is 4.90 Å². The van der Waals surface area contributed by atoms with E-state index in [0.717, 1.165) is 6.42 Å². The second-order valence-corrected chi connectivity index (χ2v) is 3.88. The smallest absolute Gasteiger partial charge is 0.323 e. The molecule has 17 heavy (non-hydrogen) atoms. The van der Waals surface area contributed by atoms with Gasteiger partial charge in [0.1, 0.15) is 0 Å². The first-order valence-electron chi connectivity index (χ1n) is 5.74. The Morgan fingerprint density at radius 3 is 2.29 bits per heavy atom. The quantitative estimate of drug-likeness (QED) is 0.659. The minimum Gasteiger partial charge on any atom is -0.481 e. The van der Waals surface area contributed by atoms with E-state index in [4.69, 9.17) is 5.11 Å². The lowest BCUT2D eigenvalue weighted by Crippen LogP contribution is -2.40. The number of carbonyl (C=O) groups is 3. The Morgan fingerprint density at radius 2 is 1.76 bits per heavy atom. The van der Waals surface area contributed by atoms with Gasteiger partial charge >= 0.3 is 12.0 Å². The number of imide groups is 1. The molecule has 0 radical (unpaired) electrons. The van der Waals surface area contributed by atoms with Crippen molar-refractivity contribution in [1.82, 2.24) is 10.2 Å². The molecular formula is C11H20N2O4. The molecule has 0 spiro atoms. The monoisotopic (exact) mass is 244 g/mol. The molecule has 0 saturated carbocycles. The van der Waals surface area contributed by atoms with Crippen LogP contribution >= 0.6 is 0 Å². The number of carboxylic acid groups (broad SMARTS) is 1. The maximum absolute atomic E-state index is 11.4. The predicted molar refractivity (Wildman–Crippen MR) is 62.6 cm³/mol. The minimum absolute atomic E-state index is 0.0525. The number of carbonyl (C=O) groups excluding carboxylic acids is 2. The van der Waals surface area contributed by atoms with Gasteiger partial charge < -0.3 is 10.0 Å². The van der Waals surface area contributed by atoms with E-state index in [0.29, 0.717) is 19.4 Å². The van der Waals surface area contributed by atoms with Gasteiger partial charge in [-0.1, -0.05) is 6.92 Å². The normalized spacial score (nSPS) is 9.76. The SMILES string of the molecule is CCCN(C)C(=O)NC(=O)CCCCC(=O)O. The van der Waals surface area contributed by atoms with Crippen LogP contribution in [0, 0.1) is 0 Å². The van der Waals surface area contributed by atoms with Crippen molar-refractivity contribution < 1.29 is 19.5 Å². The van der Waals surface area contributed by atoms with Gasteiger partial charge in [-0.25, -0.2) is 4.79 Å². The molecule has 0 aromatic carbocycles. The molecule has 0 aliphatic carbocycles. The lowest BCUT2D eigenvalue weighted by molar-refractivity contribution is -0.137. The van der Waals surface area contributed by atoms with Crippen molar-refractivity contribution in [3.05, 3.63) is 0 Å². The Morgan fingerprint density at radius 1 is 1.18 bits per heavy atom. The highest BCUT2D eigenvalue weighted by Crippen LogP contribution is 2.00. The lowest BCUT2D eigenvalue weighted by Gasteiger charge is -2.15. The molecule has 0 unspecified atom stereocenters. The van der Waals surface area contributed by atoms with Gasteiger partial charge in [0.15, 0.2) is 0 Å². The van der Waals surface area contributed by atoms with Crippen LogP contribution in [0.1, 0.15) is 39.0 Å². The molecule has 0 aliphatic heterocycles. The number of hydrogen-bond donors (Lipinski definition) is 2. The molecule has 2 N–H and O–H groups in total. The third-order valence-corrected chi connectivity index (χ3v) is 2.20. The maximum Gasteiger partial charge on any atom is 0.323 e. The van der Waals surface area contributed by atoms with Gasteiger partial charge in [-0.2, -0.15) is 0 Å². The number of urea groups is 1. The Balaban J connectivity index is 3.71. The first-order chi connectivity index (χ1) is 7.97. The van der Waals surface area contributed by atoms with E-state index >= 15 is 0 Å². The van der Waals surface area contributed by atoms with Crippen LogP contribution in [0.5, 0.6) is 0 Å². The van der Waals surface area contributed by atoms with Crippen molar-refractivity contribution in [3.63, 3.8) is 0 Å². The summed E-state index contributed by atoms with van der Waals surface area (Å²) in [5.74, 6) is -1.23. The number of carboxylic acids is 1. The highest BCUT2D eigenvalue weighted by molar-refractivity contribution is 5.94. The van der Waals surface area contributed by atoms with Crippen molar-refractivity contribution >= 4 is 17.9 Å². The number of nitrogens with one attached hydrogen (secondary N) is 1. The fraction of sp³-hybridized carbons (Fsp3) is 0.727. The van der Waals surface area contributed by atoms with Gasteiger partial charge in [0.2, 0.25) is 5.91 Å². The Labute approximate surface area is 101 Å². The van der Waals surface area contributed by atoms with Gasteiger partial charge in [-0.05, 0) is 19.3 Å². The van der Waals surface area contributed by atoms with Gasteiger partial charge in [-0.3, -0.25) is 14.9 Å². The third-order valence-electron chi connectivity index (χ3n) is 2.20. The average molecular weight is 244 g/mol. The maximum atomic E-state index is 11.4. The molecule has 98 valence electrons. The highest BCUT2D eigenvalue weighted by atomic mass is 16.4. The van der Waals surface area contributed by atoms with E-state index in [9.17, 15) is 14.4 Å². The van der Waals surface area contributed by atoms with Crippen molar-refractivity contribution in [1.29, 1.82) is 0 Å². The average Bonchev–Trinajstić information content (AvgIpc) is 2.24. The number of unbranched alkanes of at least 4 members (excludes halogenated alkanes) is 1. The molecule has 6 heteroatoms. The number of hydrogen-bond acceptors (Lipinski definition) is 3. The van der Waals surface area contributed by atoms with Crippen LogP contribution in [-0.4, -0.2) is 41.5 Å². The predicted octanol–water partition coefficient (Wildman–Crippen LogP) is 1.21. The van der Waals surface area contributed by atoms with Crippen LogP contribution in [-0.2, 0) is 9.59 Å². The zero-order valence-corrected chi connectivity index (χ0v) is 10.4. The molecule has 6 nitrogen and oxygen atoms in total. The van der Waals surface area contributed by atoms with Crippen LogP contribution in [0.3, 0.4) is 0 Å². The van der Waals surface area contributed by atoms with Gasteiger partial charge in [0, 0.05) is 26.4 Å². The van der Waals surface area contributed by atoms with Crippen LogP contribution in [0.2, 0.25) is 0 Å². The number of aliphatic carboxylic acids is 1. The topological polar surface area (TPSA) is 86.7 Å². The Kier molecular flexibility index (Phi) is 7.75. The van der Waals surface area contributed by atoms with Gasteiger partial charge in [0.05, 0.1) is 0 Å². The van der Waals surface area contributed by atoms with E-state index in [2.05, 4.69) is 5.32 Å². The van der Waals surface area contributed by atoms with Crippen molar-refractivity contribution in [2.24, 2.45) is 0 Å². The van der Waals surface area contributed by atoms with Crippen LogP contribution in [0.4, 0.5) is 4.79 Å². The molecule has 0 aromatic heterocycles. The van der Waals surface area contributed by atoms with Crippen LogP contribution in [0.15, 0.2) is 0 Å². The van der Waals surface area contributed by atoms with Crippen LogP contribution < -0.4 is 5.32 Å². The van der Waals surface area contributed by atoms with Gasteiger partial charge in [-0.15, -0.1) is 0 Å². The Bertz CT molecular complexity index is 279. The summed E-state index contributed by atoms with van der Waals surface area (Å²) in [6.07, 6.45) is 1.98. The van der Waals surface area contributed by atoms with Crippen molar-refractivity contribution in [2.75, 3.05) is 13.6 Å². The van der Waals surface area contributed by atoms with Crippen LogP contribution in [0.25, 0.3) is 0 Å². The zero-order chi connectivity index (χ0) is 13.3. The minimum atomic E-state index is -0.871. The first-order valence-corrected chi connectivity index (χ1v) is 5.74. The standard InChI is InChI=1S/C11H20N2O4/c1-3-8-13(2)11(17)12-9(14)6-4-5-7-10(15)16/h3-8H2,1-2H3,(H,15,16)(H,12,14,17). The third kappa shape index (κ3) is 8.24. The second kappa shape index (κ2) is 8.55. The molecule has 0 aliphatic rings. The summed E-state index contributed by atoms with van der Waals surface area (Å²) in [6.45, 7) is 2.54. The molecule has 0 rings (SSSR count). The second-order valence-electron chi connectivity index (χ2n) is 3.88. The molecule has 0 bridgehead atoms. The summed E-state index contributed by atoms with van der Waals surface area (Å²) in [5, 5.41) is 10.6. The highest BCUT2D eigenvalue weighted by Gasteiger charge is 2.11. The lowest BCUT2D eigenvalue weighted by atomic mass is 10.2. The summed E-state index contributed by atoms with van der Waals surface area (Å²) in [7, 11) is 1.62. The summed E-state index contributed by atoms with van der Waals surface area (Å²) < 4.78 is 0. The summed E-state index contributed by atoms with van der Waals surface area (Å²) in [4.78, 5) is 34.3. The molecule has 3 amide bonds. The molecule has 0 saturated heterocycles. The van der Waals surface area contributed by atoms with Gasteiger partial charge in [0.25, 0.3) is 0 Å². The van der Waals surface area contributed by atoms with Crippen molar-refractivity contribution in [2.45, 2.75) is 39.0 Å². The first kappa shape index (κ1) is 15.4. The van der Waals surface area contributed by atoms with E-state index in [1.807, 2.05) is 6.92 Å². The fourth-order valence-electron chi connectivity index (χ4n) is 1.28. The largest absolute Gasteiger partial charge is 0.481 e. The van der Waals surface area contributed by atoms with Crippen molar-refractivity contribution in [3.8, 4) is 0 Å². The molecule has 0 fully saturated rings. The zero-order valence-electron chi connectivity index (χ0n) is 10.4. The number of amides is 3. The van der Waals surface area contributed by atoms with E-state index in [1.54, 1.807) is 7.05 Å². The summed E-state index contributed by atoms with van der Waals surface area (Å²) >= 11 is 0.